The van der Waals surface area contributed by atoms with Crippen molar-refractivity contribution >= 4 is 11.8 Å². The monoisotopic (exact) mass is 1090 g/mol. The molecule has 19 nitrogen and oxygen atoms in total. The second-order valence-electron chi connectivity index (χ2n) is 23.6. The zero-order valence-corrected chi connectivity index (χ0v) is 48.3. The molecule has 0 aliphatic carbocycles. The molecule has 77 heavy (non-hydrogen) atoms. The van der Waals surface area contributed by atoms with E-state index >= 15 is 0 Å². The number of aliphatic hydroxyl groups excluding tert-OH is 3. The Morgan fingerprint density at radius 3 is 2.21 bits per heavy atom. The largest absolute Gasteiger partial charge is 0.459 e. The van der Waals surface area contributed by atoms with Crippen LogP contribution in [0.15, 0.2) is 48.8 Å². The fourth-order valence-corrected chi connectivity index (χ4v) is 11.9. The number of aliphatic hydroxyl groups is 5. The quantitative estimate of drug-likeness (QED) is 0.119. The highest BCUT2D eigenvalue weighted by atomic mass is 19.1. The molecule has 0 bridgehead atoms. The number of ether oxygens (including phenoxy) is 6. The lowest BCUT2D eigenvalue weighted by Gasteiger charge is -2.49. The number of alkyl halides is 1. The van der Waals surface area contributed by atoms with Gasteiger partial charge in [0.25, 0.3) is 0 Å². The molecular formula is C57H92FN7O12. The van der Waals surface area contributed by atoms with E-state index in [1.807, 2.05) is 99.3 Å². The summed E-state index contributed by atoms with van der Waals surface area (Å²) in [6, 6.07) is 10.4. The minimum atomic E-state index is -1.85. The average molecular weight is 1090 g/mol. The summed E-state index contributed by atoms with van der Waals surface area (Å²) in [5, 5.41) is 68.6. The van der Waals surface area contributed by atoms with Crippen molar-refractivity contribution in [3.8, 4) is 11.1 Å². The molecule has 6 rings (SSSR count). The van der Waals surface area contributed by atoms with Crippen LogP contribution in [0.5, 0.6) is 0 Å². The molecule has 5 heterocycles. The molecule has 3 aliphatic rings. The van der Waals surface area contributed by atoms with E-state index in [0.717, 1.165) is 22.5 Å². The number of carbonyl (C=O) groups is 1. The van der Waals surface area contributed by atoms with Crippen LogP contribution in [0, 0.1) is 17.8 Å². The number of cyclic esters (lactones) is 1. The second kappa shape index (κ2) is 26.2. The van der Waals surface area contributed by atoms with Gasteiger partial charge in [-0.3, -0.25) is 4.79 Å². The van der Waals surface area contributed by atoms with Gasteiger partial charge in [0.2, 0.25) is 0 Å². The van der Waals surface area contributed by atoms with Crippen molar-refractivity contribution in [1.29, 1.82) is 0 Å². The predicted molar refractivity (Wildman–Crippen MR) is 290 cm³/mol. The number of pyridine rings is 1. The van der Waals surface area contributed by atoms with Gasteiger partial charge >= 0.3 is 5.97 Å². The number of nitrogens with zero attached hydrogens (tertiary/aromatic N) is 7. The maximum atomic E-state index is 14.7. The number of likely N-dealkylation sites (N-methyl/N-ethyl adjacent to an activating group) is 2. The molecule has 0 saturated carbocycles. The number of hydrogen-bond donors (Lipinski definition) is 5. The van der Waals surface area contributed by atoms with Gasteiger partial charge in [-0.1, -0.05) is 50.3 Å². The van der Waals surface area contributed by atoms with Crippen molar-refractivity contribution in [2.45, 2.75) is 204 Å². The first-order valence-electron chi connectivity index (χ1n) is 27.6. The van der Waals surface area contributed by atoms with Crippen LogP contribution in [0.3, 0.4) is 0 Å². The van der Waals surface area contributed by atoms with Gasteiger partial charge in [0, 0.05) is 83.1 Å². The van der Waals surface area contributed by atoms with E-state index in [1.54, 1.807) is 59.3 Å². The number of aromatic nitrogens is 4. The lowest BCUT2D eigenvalue weighted by molar-refractivity contribution is -0.318. The standard InChI is InChI=1S/C57H92FN7O12/c1-16-45-57(10,71)50(67)37(6)64(14)31-33(2)27-55(8,70)52(35(4)49(36(5)53(69)75-45)76-47-28-56(9,72-15)51(68)38(7)74-47)77-54-48(66)44(25-34(3)73-54)63(13)24-23-42-32-65(61-60-42)43(29-58)26-39-17-19-40(20-18-39)41-21-22-46(59-30-41)62(11)12/h17-22,30,32-38,43-45,47-52,54,66-68,70-71H,16,23-29,31H2,1-15H3/t33-,34-,35+,36-,37-,38+,43+,44+,45-,47+,48?,49+,50-,51+,52-,54+,55-,56-,57-/m1/s1. The van der Waals surface area contributed by atoms with Crippen LogP contribution in [0.1, 0.15) is 112 Å². The van der Waals surface area contributed by atoms with Gasteiger partial charge in [-0.05, 0) is 117 Å². The first kappa shape index (κ1) is 62.4. The van der Waals surface area contributed by atoms with Gasteiger partial charge in [-0.2, -0.15) is 0 Å². The Labute approximate surface area is 456 Å². The summed E-state index contributed by atoms with van der Waals surface area (Å²) in [6.07, 6.45) is -4.87. The van der Waals surface area contributed by atoms with E-state index in [1.165, 1.54) is 14.0 Å². The van der Waals surface area contributed by atoms with E-state index in [9.17, 15) is 34.7 Å². The topological polar surface area (TPSA) is 227 Å². The molecule has 2 aromatic heterocycles. The van der Waals surface area contributed by atoms with Gasteiger partial charge in [-0.25, -0.2) is 14.1 Å². The fourth-order valence-electron chi connectivity index (χ4n) is 11.9. The summed E-state index contributed by atoms with van der Waals surface area (Å²) in [5.41, 5.74) is -0.958. The third-order valence-corrected chi connectivity index (χ3v) is 16.9. The van der Waals surface area contributed by atoms with Crippen LogP contribution in [0.4, 0.5) is 10.2 Å². The molecule has 3 aromatic rings. The molecule has 3 aliphatic heterocycles. The molecular weight excluding hydrogens is 994 g/mol. The molecule has 5 N–H and O–H groups in total. The van der Waals surface area contributed by atoms with E-state index in [4.69, 9.17) is 28.4 Å². The maximum Gasteiger partial charge on any atom is 0.311 e. The Balaban J connectivity index is 1.22. The molecule has 0 spiro atoms. The van der Waals surface area contributed by atoms with E-state index in [0.29, 0.717) is 38.0 Å². The number of rotatable bonds is 16. The normalized spacial score (nSPS) is 37.7. The van der Waals surface area contributed by atoms with Crippen molar-refractivity contribution in [3.05, 3.63) is 60.0 Å². The second-order valence-corrected chi connectivity index (χ2v) is 23.6. The molecule has 3 saturated heterocycles. The van der Waals surface area contributed by atoms with Gasteiger partial charge in [0.1, 0.15) is 42.5 Å². The molecule has 434 valence electrons. The number of esters is 1. The highest BCUT2D eigenvalue weighted by Gasteiger charge is 2.53. The van der Waals surface area contributed by atoms with Crippen molar-refractivity contribution in [3.63, 3.8) is 0 Å². The number of halogens is 1. The van der Waals surface area contributed by atoms with Crippen molar-refractivity contribution in [2.24, 2.45) is 17.8 Å². The third kappa shape index (κ3) is 14.8. The van der Waals surface area contributed by atoms with E-state index in [2.05, 4.69) is 15.3 Å². The Hall–Kier alpha value is -3.77. The fraction of sp³-hybridized carbons (Fsp3) is 0.754. The Bertz CT molecular complexity index is 2310. The van der Waals surface area contributed by atoms with Gasteiger partial charge in [0.05, 0.1) is 53.3 Å². The summed E-state index contributed by atoms with van der Waals surface area (Å²) in [6.45, 7) is 17.7. The van der Waals surface area contributed by atoms with Crippen LogP contribution in [0.25, 0.3) is 11.1 Å². The number of carbonyl (C=O) groups excluding carboxylic acids is 1. The van der Waals surface area contributed by atoms with Crippen LogP contribution in [0.2, 0.25) is 0 Å². The highest BCUT2D eigenvalue weighted by Crippen LogP contribution is 2.40. The van der Waals surface area contributed by atoms with Gasteiger partial charge in [0.15, 0.2) is 12.6 Å². The number of anilines is 1. The van der Waals surface area contributed by atoms with Crippen LogP contribution in [-0.2, 0) is 46.1 Å². The molecule has 3 fully saturated rings. The summed E-state index contributed by atoms with van der Waals surface area (Å²) in [5.74, 6) is -1.98. The molecule has 0 radical (unpaired) electrons. The van der Waals surface area contributed by atoms with Crippen LogP contribution < -0.4 is 4.90 Å². The Morgan fingerprint density at radius 2 is 1.60 bits per heavy atom. The molecule has 19 atom stereocenters. The molecule has 1 aromatic carbocycles. The highest BCUT2D eigenvalue weighted by molar-refractivity contribution is 5.73. The minimum absolute atomic E-state index is 0.0885. The first-order chi connectivity index (χ1) is 36.1. The van der Waals surface area contributed by atoms with Gasteiger partial charge < -0.3 is 68.7 Å². The van der Waals surface area contributed by atoms with E-state index < -0.39 is 121 Å². The Kier molecular flexibility index (Phi) is 21.3. The summed E-state index contributed by atoms with van der Waals surface area (Å²) >= 11 is 0. The smallest absolute Gasteiger partial charge is 0.311 e. The lowest BCUT2D eigenvalue weighted by Crippen LogP contribution is -2.61. The van der Waals surface area contributed by atoms with Crippen molar-refractivity contribution in [2.75, 3.05) is 60.0 Å². The molecule has 1 unspecified atom stereocenters. The van der Waals surface area contributed by atoms with Crippen LogP contribution >= 0.6 is 0 Å². The first-order valence-corrected chi connectivity index (χ1v) is 27.6. The molecule has 0 amide bonds. The maximum absolute atomic E-state index is 14.7. The van der Waals surface area contributed by atoms with Crippen LogP contribution in [-0.4, -0.2) is 207 Å². The average Bonchev–Trinajstić information content (AvgIpc) is 3.88. The number of hydrogen-bond acceptors (Lipinski definition) is 18. The summed E-state index contributed by atoms with van der Waals surface area (Å²) in [4.78, 5) is 24.9. The predicted octanol–water partition coefficient (Wildman–Crippen LogP) is 4.99. The Morgan fingerprint density at radius 1 is 0.922 bits per heavy atom. The SMILES string of the molecule is CC[C@H]1OC(=O)[C@H](C)[C@@H](O[C@H]2C[C@@](C)(OC)[C@@H](O)[C@H](C)O2)[C@H](C)[C@@H](O[C@@H]2O[C@H](C)C[C@H](N(C)CCc3cn([C@H](CF)Cc4ccc(-c5ccc(N(C)C)nc5)cc4)nn3)C2O)[C@](C)(O)C[C@@H](C)CN(C)[C@H](C)[C@@H](O)[C@]1(C)O. The zero-order valence-electron chi connectivity index (χ0n) is 48.3. The summed E-state index contributed by atoms with van der Waals surface area (Å²) < 4.78 is 54.6. The lowest BCUT2D eigenvalue weighted by atomic mass is 9.77. The molecule has 20 heteroatoms. The van der Waals surface area contributed by atoms with Crippen molar-refractivity contribution < 1.29 is 63.1 Å². The van der Waals surface area contributed by atoms with Crippen molar-refractivity contribution in [1.82, 2.24) is 29.8 Å². The number of benzene rings is 1. The van der Waals surface area contributed by atoms with E-state index in [-0.39, 0.29) is 25.2 Å². The summed E-state index contributed by atoms with van der Waals surface area (Å²) in [7, 11) is 9.13. The zero-order chi connectivity index (χ0) is 56.9. The minimum Gasteiger partial charge on any atom is -0.459 e. The van der Waals surface area contributed by atoms with Gasteiger partial charge in [-0.15, -0.1) is 5.10 Å². The number of methoxy groups -OCH3 is 1. The third-order valence-electron chi connectivity index (χ3n) is 16.9.